The topological polar surface area (TPSA) is 89.9 Å². The Kier molecular flexibility index (Phi) is 5.74. The molecule has 146 valence electrons. The molecule has 0 saturated heterocycles. The molecule has 0 aliphatic rings. The molecule has 0 atom stereocenters. The number of para-hydroxylation sites is 1. The van der Waals surface area contributed by atoms with Crippen LogP contribution in [-0.2, 0) is 0 Å². The van der Waals surface area contributed by atoms with Crippen LogP contribution >= 0.6 is 0 Å². The molecule has 0 heterocycles. The fourth-order valence-electron chi connectivity index (χ4n) is 2.76. The summed E-state index contributed by atoms with van der Waals surface area (Å²) in [6.45, 7) is 2.58. The Morgan fingerprint density at radius 2 is 1.28 bits per heavy atom. The van der Waals surface area contributed by atoms with E-state index in [-0.39, 0.29) is 45.5 Å². The molecular formula is C23H18O6. The van der Waals surface area contributed by atoms with Gasteiger partial charge in [0, 0.05) is 11.6 Å². The first-order valence-electron chi connectivity index (χ1n) is 8.80. The maximum atomic E-state index is 12.8. The Bertz CT molecular complexity index is 1090. The molecule has 0 unspecified atom stereocenters. The molecule has 0 aromatic heterocycles. The van der Waals surface area contributed by atoms with Gasteiger partial charge in [-0.05, 0) is 32.0 Å². The van der Waals surface area contributed by atoms with E-state index in [0.717, 1.165) is 6.07 Å². The van der Waals surface area contributed by atoms with Gasteiger partial charge in [-0.2, -0.15) is 0 Å². The van der Waals surface area contributed by atoms with E-state index in [4.69, 9.17) is 9.78 Å². The average molecular weight is 390 g/mol. The molecule has 0 bridgehead atoms. The number of carbonyl (C=O) groups is 3. The van der Waals surface area contributed by atoms with Gasteiger partial charge >= 0.3 is 0 Å². The van der Waals surface area contributed by atoms with Crippen molar-refractivity contribution >= 4 is 17.3 Å². The molecule has 3 rings (SSSR count). The molecule has 0 spiro atoms. The summed E-state index contributed by atoms with van der Waals surface area (Å²) in [7, 11) is 0. The summed E-state index contributed by atoms with van der Waals surface area (Å²) < 4.78 is 0. The number of rotatable bonds is 7. The van der Waals surface area contributed by atoms with E-state index >= 15 is 0 Å². The van der Waals surface area contributed by atoms with Crippen molar-refractivity contribution in [2.45, 2.75) is 13.8 Å². The lowest BCUT2D eigenvalue weighted by molar-refractivity contribution is -0.101. The fraction of sp³-hybridized carbons (Fsp3) is 0.0870. The third-order valence-electron chi connectivity index (χ3n) is 4.25. The van der Waals surface area contributed by atoms with Crippen molar-refractivity contribution in [2.75, 3.05) is 0 Å². The molecule has 0 saturated carbocycles. The van der Waals surface area contributed by atoms with Crippen LogP contribution in [0.15, 0.2) is 66.7 Å². The zero-order valence-corrected chi connectivity index (χ0v) is 15.8. The highest BCUT2D eigenvalue weighted by Gasteiger charge is 2.19. The fourth-order valence-corrected chi connectivity index (χ4v) is 2.76. The van der Waals surface area contributed by atoms with Crippen LogP contribution in [0.3, 0.4) is 0 Å². The number of carbonyl (C=O) groups excluding carboxylic acids is 3. The zero-order chi connectivity index (χ0) is 21.0. The summed E-state index contributed by atoms with van der Waals surface area (Å²) in [5.41, 5.74) is 0.825. The van der Waals surface area contributed by atoms with Crippen LogP contribution in [0.1, 0.15) is 50.5 Å². The maximum Gasteiger partial charge on any atom is 0.196 e. The number of hydrogen-bond acceptors (Lipinski definition) is 6. The van der Waals surface area contributed by atoms with Crippen molar-refractivity contribution < 1.29 is 29.3 Å². The van der Waals surface area contributed by atoms with Crippen molar-refractivity contribution in [3.8, 4) is 17.2 Å². The van der Waals surface area contributed by atoms with Crippen LogP contribution in [0, 0.1) is 0 Å². The summed E-state index contributed by atoms with van der Waals surface area (Å²) in [6.07, 6.45) is 0. The quantitative estimate of drug-likeness (QED) is 0.365. The minimum atomic E-state index is -0.392. The van der Waals surface area contributed by atoms with Gasteiger partial charge in [-0.1, -0.05) is 42.5 Å². The highest BCUT2D eigenvalue weighted by Crippen LogP contribution is 2.30. The second-order valence-corrected chi connectivity index (χ2v) is 6.34. The van der Waals surface area contributed by atoms with Crippen LogP contribution in [-0.4, -0.2) is 22.5 Å². The van der Waals surface area contributed by atoms with Crippen molar-refractivity contribution in [3.63, 3.8) is 0 Å². The van der Waals surface area contributed by atoms with Gasteiger partial charge in [0.05, 0.1) is 16.7 Å². The van der Waals surface area contributed by atoms with Crippen LogP contribution in [0.2, 0.25) is 0 Å². The van der Waals surface area contributed by atoms with E-state index in [1.165, 1.54) is 19.9 Å². The average Bonchev–Trinajstić information content (AvgIpc) is 2.72. The van der Waals surface area contributed by atoms with E-state index in [0.29, 0.717) is 5.56 Å². The minimum absolute atomic E-state index is 0.00204. The molecule has 6 nitrogen and oxygen atoms in total. The van der Waals surface area contributed by atoms with Gasteiger partial charge in [-0.3, -0.25) is 24.2 Å². The Morgan fingerprint density at radius 1 is 0.690 bits per heavy atom. The van der Waals surface area contributed by atoms with Crippen LogP contribution in [0.5, 0.6) is 17.2 Å². The molecule has 0 amide bonds. The molecule has 0 fully saturated rings. The number of phenols is 1. The van der Waals surface area contributed by atoms with Crippen LogP contribution in [0.25, 0.3) is 0 Å². The summed E-state index contributed by atoms with van der Waals surface area (Å²) in [4.78, 5) is 46.9. The SMILES string of the molecule is CC(=O)c1cc(C(C)=O)c(OOc2ccccc2C(=O)c2ccccc2)cc1O. The van der Waals surface area contributed by atoms with E-state index in [1.807, 2.05) is 6.07 Å². The van der Waals surface area contributed by atoms with Gasteiger partial charge in [0.1, 0.15) is 5.75 Å². The van der Waals surface area contributed by atoms with Crippen molar-refractivity contribution in [1.29, 1.82) is 0 Å². The largest absolute Gasteiger partial charge is 0.507 e. The molecule has 0 aliphatic heterocycles. The van der Waals surface area contributed by atoms with E-state index in [9.17, 15) is 19.5 Å². The van der Waals surface area contributed by atoms with Gasteiger partial charge in [0.25, 0.3) is 0 Å². The molecule has 1 N–H and O–H groups in total. The highest BCUT2D eigenvalue weighted by atomic mass is 17.2. The number of benzene rings is 3. The first-order chi connectivity index (χ1) is 13.9. The standard InChI is InChI=1S/C23H18O6/c1-14(24)18-12-19(15(2)25)22(13-20(18)26)29-28-21-11-7-6-10-17(21)23(27)16-8-4-3-5-9-16/h3-13,26H,1-2H3. The third kappa shape index (κ3) is 4.32. The lowest BCUT2D eigenvalue weighted by Gasteiger charge is -2.13. The predicted molar refractivity (Wildman–Crippen MR) is 106 cm³/mol. The normalized spacial score (nSPS) is 10.3. The minimum Gasteiger partial charge on any atom is -0.507 e. The first-order valence-corrected chi connectivity index (χ1v) is 8.80. The summed E-state index contributed by atoms with van der Waals surface area (Å²) in [6, 6.07) is 17.6. The second kappa shape index (κ2) is 8.39. The summed E-state index contributed by atoms with van der Waals surface area (Å²) in [5, 5.41) is 10.0. The van der Waals surface area contributed by atoms with Crippen LogP contribution < -0.4 is 9.78 Å². The zero-order valence-electron chi connectivity index (χ0n) is 15.8. The monoisotopic (exact) mass is 390 g/mol. The van der Waals surface area contributed by atoms with Crippen molar-refractivity contribution in [1.82, 2.24) is 0 Å². The van der Waals surface area contributed by atoms with Gasteiger partial charge in [-0.15, -0.1) is 0 Å². The summed E-state index contributed by atoms with van der Waals surface area (Å²) >= 11 is 0. The Morgan fingerprint density at radius 3 is 1.93 bits per heavy atom. The molecule has 3 aromatic carbocycles. The first kappa shape index (κ1) is 19.8. The smallest absolute Gasteiger partial charge is 0.196 e. The number of phenolic OH excluding ortho intramolecular Hbond substituents is 1. The van der Waals surface area contributed by atoms with Crippen molar-refractivity contribution in [3.05, 3.63) is 89.0 Å². The molecule has 29 heavy (non-hydrogen) atoms. The molecule has 6 heteroatoms. The second-order valence-electron chi connectivity index (χ2n) is 6.34. The van der Waals surface area contributed by atoms with Gasteiger partial charge in [0.15, 0.2) is 28.8 Å². The third-order valence-corrected chi connectivity index (χ3v) is 4.25. The van der Waals surface area contributed by atoms with Gasteiger partial charge < -0.3 is 5.11 Å². The van der Waals surface area contributed by atoms with E-state index in [2.05, 4.69) is 0 Å². The van der Waals surface area contributed by atoms with E-state index < -0.39 is 5.78 Å². The predicted octanol–water partition coefficient (Wildman–Crippen LogP) is 4.40. The number of ketones is 3. The van der Waals surface area contributed by atoms with Gasteiger partial charge in [0.2, 0.25) is 0 Å². The highest BCUT2D eigenvalue weighted by molar-refractivity contribution is 6.10. The molecule has 0 aliphatic carbocycles. The molecule has 0 radical (unpaired) electrons. The van der Waals surface area contributed by atoms with Crippen molar-refractivity contribution in [2.24, 2.45) is 0 Å². The number of aromatic hydroxyl groups is 1. The maximum absolute atomic E-state index is 12.8. The number of hydrogen-bond donors (Lipinski definition) is 1. The summed E-state index contributed by atoms with van der Waals surface area (Å²) in [5.74, 6) is -1.29. The Labute approximate surface area is 167 Å². The van der Waals surface area contributed by atoms with Crippen LogP contribution in [0.4, 0.5) is 0 Å². The lowest BCUT2D eigenvalue weighted by Crippen LogP contribution is -2.10. The molecule has 3 aromatic rings. The molecular weight excluding hydrogens is 372 g/mol. The lowest BCUT2D eigenvalue weighted by atomic mass is 10.0. The van der Waals surface area contributed by atoms with E-state index in [1.54, 1.807) is 48.5 Å². The Hall–Kier alpha value is -3.93. The Balaban J connectivity index is 1.92. The number of Topliss-reactive ketones (excluding diaryl/α,β-unsaturated/α-hetero) is 2. The van der Waals surface area contributed by atoms with Gasteiger partial charge in [-0.25, -0.2) is 0 Å².